The summed E-state index contributed by atoms with van der Waals surface area (Å²) in [7, 11) is 0. The summed E-state index contributed by atoms with van der Waals surface area (Å²) in [6.45, 7) is 4.71. The number of thiocarbonyl (C=S) groups is 1. The van der Waals surface area contributed by atoms with Gasteiger partial charge in [-0.15, -0.1) is 0 Å². The van der Waals surface area contributed by atoms with Crippen molar-refractivity contribution in [2.24, 2.45) is 0 Å². The third kappa shape index (κ3) is 3.16. The number of nitrogens with zero attached hydrogens (tertiary/aromatic N) is 4. The molecule has 144 valence electrons. The van der Waals surface area contributed by atoms with Crippen LogP contribution in [0.5, 0.6) is 0 Å². The lowest BCUT2D eigenvalue weighted by atomic mass is 9.97. The lowest BCUT2D eigenvalue weighted by Crippen LogP contribution is -2.32. The van der Waals surface area contributed by atoms with E-state index in [2.05, 4.69) is 50.7 Å². The van der Waals surface area contributed by atoms with Gasteiger partial charge in [0, 0.05) is 30.3 Å². The molecule has 1 aliphatic heterocycles. The average molecular weight is 394 g/mol. The van der Waals surface area contributed by atoms with Crippen molar-refractivity contribution < 1.29 is 5.11 Å². The van der Waals surface area contributed by atoms with Crippen LogP contribution in [0, 0.1) is 13.8 Å². The van der Waals surface area contributed by atoms with E-state index in [-0.39, 0.29) is 18.7 Å². The van der Waals surface area contributed by atoms with E-state index in [1.807, 2.05) is 30.5 Å². The molecule has 1 saturated heterocycles. The normalized spacial score (nSPS) is 19.1. The summed E-state index contributed by atoms with van der Waals surface area (Å²) >= 11 is 5.60. The molecule has 0 unspecified atom stereocenters. The zero-order valence-corrected chi connectivity index (χ0v) is 16.7. The van der Waals surface area contributed by atoms with Crippen molar-refractivity contribution in [3.63, 3.8) is 0 Å². The van der Waals surface area contributed by atoms with E-state index in [1.54, 1.807) is 12.4 Å². The van der Waals surface area contributed by atoms with Crippen LogP contribution in [0.1, 0.15) is 34.7 Å². The number of nitrogens with one attached hydrogen (secondary N) is 1. The highest BCUT2D eigenvalue weighted by Gasteiger charge is 2.41. The minimum absolute atomic E-state index is 0.0363. The second-order valence-corrected chi connectivity index (χ2v) is 7.30. The van der Waals surface area contributed by atoms with Crippen molar-refractivity contribution >= 4 is 17.3 Å². The Morgan fingerprint density at radius 1 is 1.18 bits per heavy atom. The topological polar surface area (TPSA) is 66.2 Å². The highest BCUT2D eigenvalue weighted by molar-refractivity contribution is 7.80. The predicted octanol–water partition coefficient (Wildman–Crippen LogP) is 2.85. The summed E-state index contributed by atoms with van der Waals surface area (Å²) in [6.07, 6.45) is 5.44. The molecule has 2 N–H and O–H groups in total. The molecule has 0 saturated carbocycles. The number of aliphatic hydroxyl groups excluding tert-OH is 1. The van der Waals surface area contributed by atoms with Gasteiger partial charge in [0.25, 0.3) is 0 Å². The summed E-state index contributed by atoms with van der Waals surface area (Å²) in [5, 5.41) is 13.7. The number of hydrogen-bond acceptors (Lipinski definition) is 4. The quantitative estimate of drug-likeness (QED) is 0.650. The van der Waals surface area contributed by atoms with Gasteiger partial charge in [-0.05, 0) is 62.0 Å². The fourth-order valence-corrected chi connectivity index (χ4v) is 4.39. The Labute approximate surface area is 169 Å². The number of aryl methyl sites for hydroxylation is 1. The molecule has 0 aliphatic carbocycles. The molecule has 2 atom stereocenters. The van der Waals surface area contributed by atoms with Gasteiger partial charge in [0.05, 0.1) is 36.3 Å². The zero-order valence-electron chi connectivity index (χ0n) is 15.9. The number of aliphatic hydroxyl groups is 1. The van der Waals surface area contributed by atoms with Gasteiger partial charge in [-0.25, -0.2) is 0 Å². The van der Waals surface area contributed by atoms with E-state index >= 15 is 0 Å². The second kappa shape index (κ2) is 7.69. The van der Waals surface area contributed by atoms with Crippen LogP contribution in [-0.2, 0) is 0 Å². The van der Waals surface area contributed by atoms with Crippen molar-refractivity contribution in [3.05, 3.63) is 77.6 Å². The van der Waals surface area contributed by atoms with Gasteiger partial charge >= 0.3 is 0 Å². The summed E-state index contributed by atoms with van der Waals surface area (Å²) < 4.78 is 2.20. The third-order valence-electron chi connectivity index (χ3n) is 5.23. The van der Waals surface area contributed by atoms with Crippen LogP contribution in [0.2, 0.25) is 0 Å². The molecule has 1 aliphatic rings. The van der Waals surface area contributed by atoms with Crippen molar-refractivity contribution in [1.29, 1.82) is 0 Å². The smallest absolute Gasteiger partial charge is 0.170 e. The standard InChI is InChI=1S/C21H23N5OS/c1-14-12-17(15(2)26(14)16-6-5-8-22-13-16)20-19(18-7-3-4-9-23-18)24-21(28)25(20)10-11-27/h3-9,12-13,19-20,27H,10-11H2,1-2H3,(H,24,28)/t19-,20-/m1/s1. The van der Waals surface area contributed by atoms with E-state index < -0.39 is 0 Å². The Morgan fingerprint density at radius 2 is 2.04 bits per heavy atom. The van der Waals surface area contributed by atoms with Crippen molar-refractivity contribution in [3.8, 4) is 5.69 Å². The van der Waals surface area contributed by atoms with Crippen LogP contribution in [0.3, 0.4) is 0 Å². The van der Waals surface area contributed by atoms with E-state index in [1.165, 1.54) is 0 Å². The molecule has 6 nitrogen and oxygen atoms in total. The Kier molecular flexibility index (Phi) is 5.11. The molecule has 0 aromatic carbocycles. The average Bonchev–Trinajstić information content (AvgIpc) is 3.19. The number of rotatable bonds is 5. The minimum Gasteiger partial charge on any atom is -0.395 e. The molecular weight excluding hydrogens is 370 g/mol. The SMILES string of the molecule is Cc1cc([C@@H]2[C@@H](c3ccccn3)NC(=S)N2CCO)c(C)n1-c1cccnc1. The maximum Gasteiger partial charge on any atom is 0.170 e. The highest BCUT2D eigenvalue weighted by atomic mass is 32.1. The van der Waals surface area contributed by atoms with E-state index in [0.717, 1.165) is 28.3 Å². The Morgan fingerprint density at radius 3 is 2.71 bits per heavy atom. The zero-order chi connectivity index (χ0) is 19.7. The van der Waals surface area contributed by atoms with Crippen LogP contribution in [0.15, 0.2) is 55.0 Å². The fourth-order valence-electron chi connectivity index (χ4n) is 4.06. The fraction of sp³-hybridized carbons (Fsp3) is 0.286. The molecule has 4 heterocycles. The highest BCUT2D eigenvalue weighted by Crippen LogP contribution is 2.41. The molecule has 7 heteroatoms. The predicted molar refractivity (Wildman–Crippen MR) is 112 cm³/mol. The monoisotopic (exact) mass is 393 g/mol. The largest absolute Gasteiger partial charge is 0.395 e. The molecule has 0 radical (unpaired) electrons. The van der Waals surface area contributed by atoms with E-state index in [4.69, 9.17) is 12.2 Å². The summed E-state index contributed by atoms with van der Waals surface area (Å²) in [5.41, 5.74) is 5.38. The third-order valence-corrected chi connectivity index (χ3v) is 5.58. The molecule has 0 amide bonds. The maximum absolute atomic E-state index is 9.61. The second-order valence-electron chi connectivity index (χ2n) is 6.92. The van der Waals surface area contributed by atoms with E-state index in [0.29, 0.717) is 11.7 Å². The van der Waals surface area contributed by atoms with Gasteiger partial charge < -0.3 is 19.9 Å². The number of pyridine rings is 2. The van der Waals surface area contributed by atoms with Gasteiger partial charge in [-0.2, -0.15) is 0 Å². The Hall–Kier alpha value is -2.77. The lowest BCUT2D eigenvalue weighted by Gasteiger charge is -2.27. The molecule has 28 heavy (non-hydrogen) atoms. The van der Waals surface area contributed by atoms with Gasteiger partial charge in [0.2, 0.25) is 0 Å². The summed E-state index contributed by atoms with van der Waals surface area (Å²) in [4.78, 5) is 10.9. The van der Waals surface area contributed by atoms with Crippen molar-refractivity contribution in [1.82, 2.24) is 24.8 Å². The minimum atomic E-state index is -0.0805. The van der Waals surface area contributed by atoms with Gasteiger partial charge in [0.1, 0.15) is 0 Å². The Bertz CT molecular complexity index is 973. The Balaban J connectivity index is 1.83. The van der Waals surface area contributed by atoms with Crippen LogP contribution >= 0.6 is 12.2 Å². The molecule has 3 aromatic rings. The molecule has 1 fully saturated rings. The van der Waals surface area contributed by atoms with Crippen LogP contribution in [-0.4, -0.2) is 42.8 Å². The molecule has 3 aromatic heterocycles. The molecular formula is C21H23N5OS. The first-order valence-corrected chi connectivity index (χ1v) is 9.71. The van der Waals surface area contributed by atoms with Crippen LogP contribution in [0.4, 0.5) is 0 Å². The number of β-amino-alcohol motifs (C(OH)–C–C–N with tert-alkyl or cyclic N) is 1. The van der Waals surface area contributed by atoms with Crippen LogP contribution < -0.4 is 5.32 Å². The van der Waals surface area contributed by atoms with E-state index in [9.17, 15) is 5.11 Å². The van der Waals surface area contributed by atoms with Crippen LogP contribution in [0.25, 0.3) is 5.69 Å². The molecule has 0 bridgehead atoms. The summed E-state index contributed by atoms with van der Waals surface area (Å²) in [6, 6.07) is 12.0. The van der Waals surface area contributed by atoms with Gasteiger partial charge in [-0.3, -0.25) is 9.97 Å². The number of aromatic nitrogens is 3. The first-order chi connectivity index (χ1) is 13.6. The first kappa shape index (κ1) is 18.6. The summed E-state index contributed by atoms with van der Waals surface area (Å²) in [5.74, 6) is 0. The maximum atomic E-state index is 9.61. The number of hydrogen-bond donors (Lipinski definition) is 2. The first-order valence-electron chi connectivity index (χ1n) is 9.30. The van der Waals surface area contributed by atoms with Crippen molar-refractivity contribution in [2.75, 3.05) is 13.2 Å². The van der Waals surface area contributed by atoms with Crippen molar-refractivity contribution in [2.45, 2.75) is 25.9 Å². The molecule has 4 rings (SSSR count). The van der Waals surface area contributed by atoms with Gasteiger partial charge in [-0.1, -0.05) is 6.07 Å². The molecule has 0 spiro atoms. The van der Waals surface area contributed by atoms with Gasteiger partial charge in [0.15, 0.2) is 5.11 Å². The lowest BCUT2D eigenvalue weighted by molar-refractivity contribution is 0.223.